The van der Waals surface area contributed by atoms with Crippen LogP contribution in [0.4, 0.5) is 63.7 Å². The molecule has 0 atom stereocenters. The van der Waals surface area contributed by atoms with Crippen molar-refractivity contribution in [3.8, 4) is 41.5 Å². The minimum Gasteiger partial charge on any atom is -0.503 e. The second-order valence-electron chi connectivity index (χ2n) is 23.0. The molecule has 11 rings (SSSR count). The normalized spacial score (nSPS) is 10.0. The number of hydrogen-bond acceptors (Lipinski definition) is 50. The van der Waals surface area contributed by atoms with Gasteiger partial charge in [0.1, 0.15) is 106 Å². The lowest BCUT2D eigenvalue weighted by Gasteiger charge is -2.08. The summed E-state index contributed by atoms with van der Waals surface area (Å²) in [6.45, 7) is 7.98. The molecular weight excluding hydrogens is 1730 g/mol. The zero-order chi connectivity index (χ0) is 96.9. The zero-order valence-corrected chi connectivity index (χ0v) is 73.7. The number of nitrogen functional groups attached to an aromatic ring is 7. The molecule has 0 aliphatic rings. The predicted octanol–water partition coefficient (Wildman–Crippen LogP) is 2.63. The maximum atomic E-state index is 12.1. The number of carbonyl (C=O) groups excluding carboxylic acids is 6. The third kappa shape index (κ3) is 35.4. The van der Waals surface area contributed by atoms with E-state index in [-0.39, 0.29) is 81.6 Å². The van der Waals surface area contributed by atoms with Crippen molar-refractivity contribution in [1.82, 2.24) is 114 Å². The summed E-state index contributed by atoms with van der Waals surface area (Å²) in [7, 11) is 18.7. The first-order valence-electron chi connectivity index (χ1n) is 35.1. The second-order valence-corrected chi connectivity index (χ2v) is 23.7. The summed E-state index contributed by atoms with van der Waals surface area (Å²) >= 11 is 10.8. The van der Waals surface area contributed by atoms with Gasteiger partial charge in [-0.25, -0.2) is 80.1 Å². The van der Waals surface area contributed by atoms with Crippen molar-refractivity contribution < 1.29 is 71.4 Å². The van der Waals surface area contributed by atoms with Crippen molar-refractivity contribution in [1.29, 1.82) is 15.8 Å². The number of carbonyl (C=O) groups is 6. The highest BCUT2D eigenvalue weighted by Gasteiger charge is 2.23. The number of nitrogens with zero attached hydrogens (tertiary/aromatic N) is 29. The molecule has 59 heteroatoms. The van der Waals surface area contributed by atoms with Crippen molar-refractivity contribution in [3.05, 3.63) is 142 Å². The molecule has 0 aliphatic carbocycles. The fourth-order valence-corrected chi connectivity index (χ4v) is 8.79. The Bertz CT molecular complexity index is 5360. The van der Waals surface area contributed by atoms with Gasteiger partial charge >= 0.3 is 29.8 Å². The number of esters is 5. The van der Waals surface area contributed by atoms with Gasteiger partial charge in [-0.2, -0.15) is 70.2 Å². The lowest BCUT2D eigenvalue weighted by molar-refractivity contribution is -0.252. The Morgan fingerprint density at radius 2 is 0.852 bits per heavy atom. The Labute approximate surface area is 739 Å². The monoisotopic (exact) mass is 1820 g/mol. The van der Waals surface area contributed by atoms with Gasteiger partial charge in [0.05, 0.1) is 103 Å². The van der Waals surface area contributed by atoms with Crippen LogP contribution in [0, 0.1) is 61.7 Å². The molecule has 0 aromatic carbocycles. The van der Waals surface area contributed by atoms with E-state index in [9.17, 15) is 28.8 Å². The van der Waals surface area contributed by atoms with Crippen LogP contribution in [0.1, 0.15) is 73.6 Å². The molecule has 0 unspecified atom stereocenters. The maximum Gasteiger partial charge on any atom is 0.351 e. The number of halogens is 2. The van der Waals surface area contributed by atoms with Crippen LogP contribution in [0.15, 0.2) is 113 Å². The molecular formula is C69H96Cl2N42O15. The summed E-state index contributed by atoms with van der Waals surface area (Å²) in [6, 6.07) is 14.9. The van der Waals surface area contributed by atoms with Crippen LogP contribution < -0.4 is 74.2 Å². The number of aryl methyl sites for hydroxylation is 7. The number of nitrogens with two attached hydrogens (primary N) is 10. The van der Waals surface area contributed by atoms with E-state index in [4.69, 9.17) is 88.8 Å². The molecule has 0 aliphatic heterocycles. The predicted molar refractivity (Wildman–Crippen MR) is 458 cm³/mol. The molecule has 686 valence electrons. The Morgan fingerprint density at radius 1 is 0.484 bits per heavy atom. The van der Waals surface area contributed by atoms with Gasteiger partial charge in [0.15, 0.2) is 63.5 Å². The van der Waals surface area contributed by atoms with Gasteiger partial charge in [-0.05, 0) is 41.7 Å². The number of ketones is 1. The summed E-state index contributed by atoms with van der Waals surface area (Å²) in [5.74, 6) is 24.4. The van der Waals surface area contributed by atoms with Crippen LogP contribution in [0.2, 0.25) is 10.3 Å². The number of aromatic nitrogens is 22. The number of azo groups is 2. The van der Waals surface area contributed by atoms with E-state index in [1.165, 1.54) is 144 Å². The highest BCUT2D eigenvalue weighted by Crippen LogP contribution is 2.34. The first-order valence-corrected chi connectivity index (χ1v) is 35.9. The van der Waals surface area contributed by atoms with Crippen molar-refractivity contribution in [2.45, 2.75) is 53.9 Å². The van der Waals surface area contributed by atoms with Crippen molar-refractivity contribution in [2.24, 2.45) is 70.8 Å². The summed E-state index contributed by atoms with van der Waals surface area (Å²) < 4.78 is 50.6. The number of Topliss-reactive ketones (excluding diaryl/α,β-unsaturated/α-hetero) is 1. The van der Waals surface area contributed by atoms with E-state index >= 15 is 0 Å². The minimum atomic E-state index is -0.690. The fourth-order valence-electron chi connectivity index (χ4n) is 8.44. The second kappa shape index (κ2) is 58.8. The van der Waals surface area contributed by atoms with Gasteiger partial charge < -0.3 is 82.2 Å². The highest BCUT2D eigenvalue weighted by molar-refractivity contribution is 6.33. The van der Waals surface area contributed by atoms with Gasteiger partial charge in [-0.15, -0.1) is 20.5 Å². The minimum absolute atomic E-state index is 0.0417. The third-order valence-corrected chi connectivity index (χ3v) is 14.6. The SMILES string of the molecule is CC(=O)CC#N.CNN.CO/C=C(\C#N)C(=O)OC.COC(=O)CC#N.COC(=O)c1cnn(C)c1N.COC(=O)c1cnn(C)c1N=Nc1c(C)nn(-c2cc(-n3nc(C)c(N=Nc4c(C(=O)OC)cnn4C)c3N)ncn2)c1N.COC(OC)OC.Cc1cc(N)n(-c2cc(-n3nc(C)cc3N)ncn2)n1.Clc1cc(Cl)ncn1.NN.NNc1cc(NN)ncn1. The molecule has 0 fully saturated rings. The first kappa shape index (κ1) is 110. The number of methoxy groups -OCH3 is 9. The summed E-state index contributed by atoms with van der Waals surface area (Å²) in [5, 5.41) is 70.6. The standard InChI is InChI=1S/C24H26N16O4.C12H14N8.C6H9N3O2.C6H7NO3.C4H2Cl2N2.C4H8N6.C4H5NO2.C4H5NO.C4H10O3.CH6N2.H4N2/c1-11-17(31-33-21-13(23(41)43-5)8-29-37(21)3)19(25)39(35-11)15-7-16(28-10-27-15)40-20(26)18(12(2)36-40)32-34-22-14(24(42)44-6)9-30-38(22)4;1-7-3-9(13)19(17-7)11-5-12(16-6-15-11)20-10(14)4-8(2)18-20;1-9-5(7)4(3-8-9)6(10)11-2;1-9-4-5(3-7)6(8)10-2;5-3-1-4(6)8-2-7-3;5-9-3-1-4(10-6)8-2-7-3;1-7-4(6)2-3-5;1-4(6)2-3-5;1-5-4(6-2)7-3;1-3-2;1-2/h7-10H,25-26H2,1-6H3;3-6H,13-14H2,1-2H3;3H,7H2,1-2H3;4H,1-2H3;1-2H;1-2H,5-6H2,(H2,7,8,9,10);2H2,1H3;2H2,1H3;4H,1-3H3;3H,2H2,1H3;1-2H2/b;;;5-4+;;;;;;;. The average molecular weight is 1820 g/mol. The quantitative estimate of drug-likeness (QED) is 0.00498. The smallest absolute Gasteiger partial charge is 0.351 e. The largest absolute Gasteiger partial charge is 0.503 e. The molecule has 57 nitrogen and oxygen atoms in total. The van der Waals surface area contributed by atoms with Gasteiger partial charge in [-0.1, -0.05) is 23.2 Å². The Balaban J connectivity index is 0.000000807. The number of hydrazine groups is 4. The van der Waals surface area contributed by atoms with Crippen LogP contribution in [0.25, 0.3) is 23.3 Å². The van der Waals surface area contributed by atoms with Crippen LogP contribution >= 0.6 is 23.2 Å². The molecule has 0 amide bonds. The average Bonchev–Trinajstić information content (AvgIpc) is 1.63. The van der Waals surface area contributed by atoms with E-state index in [0.717, 1.165) is 17.6 Å². The molecule has 23 N–H and O–H groups in total. The number of ether oxygens (including phenoxy) is 9. The summed E-state index contributed by atoms with van der Waals surface area (Å²) in [4.78, 5) is 97.0. The van der Waals surface area contributed by atoms with Gasteiger partial charge in [0.2, 0.25) is 0 Å². The molecule has 11 aromatic heterocycles. The third-order valence-electron chi connectivity index (χ3n) is 14.2. The summed E-state index contributed by atoms with van der Waals surface area (Å²) in [5.41, 5.74) is 40.4. The first-order chi connectivity index (χ1) is 61.0. The van der Waals surface area contributed by atoms with Gasteiger partial charge in [-0.3, -0.25) is 37.2 Å². The number of nitriles is 3. The van der Waals surface area contributed by atoms with Crippen LogP contribution in [-0.4, -0.2) is 221 Å². The van der Waals surface area contributed by atoms with E-state index < -0.39 is 36.3 Å². The molecule has 128 heavy (non-hydrogen) atoms. The Morgan fingerprint density at radius 3 is 1.12 bits per heavy atom. The van der Waals surface area contributed by atoms with E-state index in [0.29, 0.717) is 68.0 Å². The van der Waals surface area contributed by atoms with E-state index in [1.807, 2.05) is 13.8 Å². The van der Waals surface area contributed by atoms with Crippen LogP contribution in [0.3, 0.4) is 0 Å². The number of rotatable bonds is 20. The zero-order valence-electron chi connectivity index (χ0n) is 72.2. The molecule has 0 saturated heterocycles. The van der Waals surface area contributed by atoms with Crippen LogP contribution in [0.5, 0.6) is 0 Å². The Hall–Kier alpha value is -16.2. The number of hydrogen-bond donors (Lipinski definition) is 13. The molecule has 0 saturated carbocycles. The maximum absolute atomic E-state index is 12.1. The molecule has 0 bridgehead atoms. The van der Waals surface area contributed by atoms with Crippen molar-refractivity contribution >= 4 is 123 Å². The Kier molecular flexibility index (Phi) is 50.4. The molecule has 0 radical (unpaired) electrons. The van der Waals surface area contributed by atoms with Gasteiger partial charge in [0.25, 0.3) is 6.48 Å². The van der Waals surface area contributed by atoms with Gasteiger partial charge in [0, 0.05) is 78.9 Å². The topological polar surface area (TPSA) is 830 Å². The van der Waals surface area contributed by atoms with Crippen molar-refractivity contribution in [3.63, 3.8) is 0 Å². The number of nitrogens with one attached hydrogen (secondary N) is 3. The fraction of sp³-hybridized carbons (Fsp3) is 0.304. The molecule has 0 spiro atoms. The number of anilines is 7. The van der Waals surface area contributed by atoms with Crippen molar-refractivity contribution in [2.75, 3.05) is 111 Å². The van der Waals surface area contributed by atoms with Crippen LogP contribution in [-0.2, 0) is 78.2 Å². The van der Waals surface area contributed by atoms with E-state index in [1.54, 1.807) is 99.9 Å². The lowest BCUT2D eigenvalue weighted by atomic mass is 10.3. The molecule has 11 heterocycles. The summed E-state index contributed by atoms with van der Waals surface area (Å²) in [6.07, 6.45) is 10.3. The molecule has 11 aromatic rings. The lowest BCUT2D eigenvalue weighted by Crippen LogP contribution is -2.14. The highest BCUT2D eigenvalue weighted by atomic mass is 35.5. The van der Waals surface area contributed by atoms with E-state index in [2.05, 4.69) is 163 Å².